The molecule has 0 aliphatic heterocycles. The third-order valence-corrected chi connectivity index (χ3v) is 4.22. The first kappa shape index (κ1) is 16.9. The monoisotopic (exact) mass is 297 g/mol. The van der Waals surface area contributed by atoms with Gasteiger partial charge in [0.2, 0.25) is 0 Å². The highest BCUT2D eigenvalue weighted by atomic mass is 32.2. The summed E-state index contributed by atoms with van der Waals surface area (Å²) in [7, 11) is 3.44. The molecular weight excluding hydrogens is 274 g/mol. The molecule has 4 nitrogen and oxygen atoms in total. The van der Waals surface area contributed by atoms with Crippen molar-refractivity contribution in [1.29, 1.82) is 0 Å². The third-order valence-electron chi connectivity index (χ3n) is 3.21. The zero-order valence-corrected chi connectivity index (χ0v) is 13.4. The predicted molar refractivity (Wildman–Crippen MR) is 82.4 cm³/mol. The number of benzene rings is 1. The smallest absolute Gasteiger partial charge is 0.326 e. The van der Waals surface area contributed by atoms with Crippen molar-refractivity contribution in [3.05, 3.63) is 24.3 Å². The molecule has 1 rings (SSSR count). The summed E-state index contributed by atoms with van der Waals surface area (Å²) in [6.45, 7) is 4.10. The Balaban J connectivity index is 2.50. The van der Waals surface area contributed by atoms with Crippen LogP contribution in [-0.4, -0.2) is 38.0 Å². The van der Waals surface area contributed by atoms with Gasteiger partial charge in [0.25, 0.3) is 0 Å². The van der Waals surface area contributed by atoms with E-state index in [4.69, 9.17) is 9.47 Å². The molecule has 0 saturated carbocycles. The lowest BCUT2D eigenvalue weighted by molar-refractivity contribution is -0.150. The first-order chi connectivity index (χ1) is 9.55. The highest BCUT2D eigenvalue weighted by molar-refractivity contribution is 7.99. The van der Waals surface area contributed by atoms with Crippen molar-refractivity contribution in [2.75, 3.05) is 26.5 Å². The Labute approximate surface area is 125 Å². The van der Waals surface area contributed by atoms with Gasteiger partial charge in [-0.1, -0.05) is 0 Å². The molecule has 0 aromatic heterocycles. The largest absolute Gasteiger partial charge is 0.497 e. The number of methoxy groups -OCH3 is 1. The molecule has 1 unspecified atom stereocenters. The van der Waals surface area contributed by atoms with Crippen LogP contribution >= 0.6 is 11.8 Å². The molecule has 1 aromatic carbocycles. The molecule has 0 spiro atoms. The minimum absolute atomic E-state index is 0.196. The molecule has 1 N–H and O–H groups in total. The van der Waals surface area contributed by atoms with Crippen LogP contribution in [0, 0.1) is 0 Å². The molecule has 0 aliphatic carbocycles. The highest BCUT2D eigenvalue weighted by Gasteiger charge is 2.32. The molecule has 0 fully saturated rings. The van der Waals surface area contributed by atoms with Crippen LogP contribution in [0.4, 0.5) is 0 Å². The summed E-state index contributed by atoms with van der Waals surface area (Å²) in [6, 6.07) is 7.91. The second-order valence-corrected chi connectivity index (χ2v) is 5.74. The number of esters is 1. The lowest BCUT2D eigenvalue weighted by atomic mass is 10.00. The van der Waals surface area contributed by atoms with Crippen LogP contribution in [0.25, 0.3) is 0 Å². The fraction of sp³-hybridized carbons (Fsp3) is 0.533. The maximum atomic E-state index is 11.9. The summed E-state index contributed by atoms with van der Waals surface area (Å²) in [6.07, 6.45) is 0.707. The average molecular weight is 297 g/mol. The van der Waals surface area contributed by atoms with Gasteiger partial charge in [-0.15, -0.1) is 11.8 Å². The van der Waals surface area contributed by atoms with Crippen molar-refractivity contribution >= 4 is 17.7 Å². The number of hydrogen-bond donors (Lipinski definition) is 1. The van der Waals surface area contributed by atoms with E-state index >= 15 is 0 Å². The summed E-state index contributed by atoms with van der Waals surface area (Å²) >= 11 is 1.71. The van der Waals surface area contributed by atoms with Crippen molar-refractivity contribution in [1.82, 2.24) is 5.32 Å². The van der Waals surface area contributed by atoms with Gasteiger partial charge in [-0.25, -0.2) is 0 Å². The molecule has 1 aromatic rings. The minimum atomic E-state index is -0.629. The fourth-order valence-electron chi connectivity index (χ4n) is 1.66. The fourth-order valence-corrected chi connectivity index (χ4v) is 2.74. The quantitative estimate of drug-likeness (QED) is 0.590. The van der Waals surface area contributed by atoms with Crippen LogP contribution in [0.3, 0.4) is 0 Å². The summed E-state index contributed by atoms with van der Waals surface area (Å²) in [4.78, 5) is 13.1. The van der Waals surface area contributed by atoms with E-state index in [2.05, 4.69) is 5.32 Å². The number of rotatable bonds is 8. The third kappa shape index (κ3) is 4.72. The first-order valence-electron chi connectivity index (χ1n) is 6.68. The Kier molecular flexibility index (Phi) is 6.88. The maximum Gasteiger partial charge on any atom is 0.326 e. The standard InChI is InChI=1S/C15H23NO3S/c1-5-19-14(17)15(2,16-3)10-11-20-13-8-6-12(18-4)7-9-13/h6-9,16H,5,10-11H2,1-4H3. The molecule has 0 amide bonds. The lowest BCUT2D eigenvalue weighted by Gasteiger charge is -2.26. The van der Waals surface area contributed by atoms with Gasteiger partial charge < -0.3 is 14.8 Å². The van der Waals surface area contributed by atoms with Gasteiger partial charge >= 0.3 is 5.97 Å². The number of thioether (sulfide) groups is 1. The summed E-state index contributed by atoms with van der Waals surface area (Å²) in [5.74, 6) is 1.49. The van der Waals surface area contributed by atoms with E-state index in [-0.39, 0.29) is 5.97 Å². The molecule has 0 radical (unpaired) electrons. The van der Waals surface area contributed by atoms with Crippen molar-refractivity contribution < 1.29 is 14.3 Å². The second-order valence-electron chi connectivity index (χ2n) is 4.58. The van der Waals surface area contributed by atoms with Crippen LogP contribution in [-0.2, 0) is 9.53 Å². The minimum Gasteiger partial charge on any atom is -0.497 e. The molecule has 0 saturated heterocycles. The van der Waals surface area contributed by atoms with Crippen LogP contribution in [0.15, 0.2) is 29.2 Å². The Morgan fingerprint density at radius 1 is 1.35 bits per heavy atom. The van der Waals surface area contributed by atoms with Gasteiger partial charge in [0.1, 0.15) is 11.3 Å². The van der Waals surface area contributed by atoms with Gasteiger partial charge in [0.15, 0.2) is 0 Å². The number of hydrogen-bond acceptors (Lipinski definition) is 5. The van der Waals surface area contributed by atoms with Crippen LogP contribution < -0.4 is 10.1 Å². The molecule has 1 atom stereocenters. The lowest BCUT2D eigenvalue weighted by Crippen LogP contribution is -2.49. The van der Waals surface area contributed by atoms with Crippen LogP contribution in [0.5, 0.6) is 5.75 Å². The predicted octanol–water partition coefficient (Wildman–Crippen LogP) is 2.72. The van der Waals surface area contributed by atoms with Gasteiger partial charge in [-0.3, -0.25) is 4.79 Å². The van der Waals surface area contributed by atoms with E-state index in [9.17, 15) is 4.79 Å². The molecular formula is C15H23NO3S. The van der Waals surface area contributed by atoms with Crippen molar-refractivity contribution in [3.63, 3.8) is 0 Å². The molecule has 5 heteroatoms. The summed E-state index contributed by atoms with van der Waals surface area (Å²) < 4.78 is 10.2. The normalized spacial score (nSPS) is 13.6. The van der Waals surface area contributed by atoms with Crippen molar-refractivity contribution in [3.8, 4) is 5.75 Å². The molecule has 20 heavy (non-hydrogen) atoms. The highest BCUT2D eigenvalue weighted by Crippen LogP contribution is 2.24. The topological polar surface area (TPSA) is 47.6 Å². The van der Waals surface area contributed by atoms with E-state index in [1.54, 1.807) is 25.9 Å². The zero-order valence-electron chi connectivity index (χ0n) is 12.6. The molecule has 0 heterocycles. The van der Waals surface area contributed by atoms with E-state index in [0.29, 0.717) is 13.0 Å². The molecule has 0 aliphatic rings. The number of ether oxygens (including phenoxy) is 2. The van der Waals surface area contributed by atoms with Gasteiger partial charge in [-0.2, -0.15) is 0 Å². The zero-order chi connectivity index (χ0) is 15.0. The molecule has 112 valence electrons. The van der Waals surface area contributed by atoms with E-state index in [1.165, 1.54) is 0 Å². The van der Waals surface area contributed by atoms with Crippen molar-refractivity contribution in [2.24, 2.45) is 0 Å². The second kappa shape index (κ2) is 8.17. The average Bonchev–Trinajstić information content (AvgIpc) is 2.48. The van der Waals surface area contributed by atoms with Crippen molar-refractivity contribution in [2.45, 2.75) is 30.7 Å². The van der Waals surface area contributed by atoms with Gasteiger partial charge in [0, 0.05) is 10.6 Å². The summed E-state index contributed by atoms with van der Waals surface area (Å²) in [5.41, 5.74) is -0.629. The van der Waals surface area contributed by atoms with Gasteiger partial charge in [-0.05, 0) is 51.6 Å². The van der Waals surface area contributed by atoms with Crippen LogP contribution in [0.1, 0.15) is 20.3 Å². The number of carbonyl (C=O) groups is 1. The van der Waals surface area contributed by atoms with E-state index in [0.717, 1.165) is 16.4 Å². The molecule has 0 bridgehead atoms. The van der Waals surface area contributed by atoms with E-state index < -0.39 is 5.54 Å². The Hall–Kier alpha value is -1.20. The van der Waals surface area contributed by atoms with Crippen LogP contribution in [0.2, 0.25) is 0 Å². The Morgan fingerprint density at radius 3 is 2.50 bits per heavy atom. The summed E-state index contributed by atoms with van der Waals surface area (Å²) in [5, 5.41) is 3.06. The maximum absolute atomic E-state index is 11.9. The number of likely N-dealkylation sites (N-methyl/N-ethyl adjacent to an activating group) is 1. The van der Waals surface area contributed by atoms with Gasteiger partial charge in [0.05, 0.1) is 13.7 Å². The Bertz CT molecular complexity index is 422. The number of nitrogens with one attached hydrogen (secondary N) is 1. The van der Waals surface area contributed by atoms with E-state index in [1.807, 2.05) is 38.1 Å². The SMILES string of the molecule is CCOC(=O)C(C)(CCSc1ccc(OC)cc1)NC. The Morgan fingerprint density at radius 2 is 2.00 bits per heavy atom. The first-order valence-corrected chi connectivity index (χ1v) is 7.67. The number of carbonyl (C=O) groups excluding carboxylic acids is 1.